The summed E-state index contributed by atoms with van der Waals surface area (Å²) >= 11 is 3.63. The fraction of sp³-hybridized carbons (Fsp3) is 0.917. The van der Waals surface area contributed by atoms with Gasteiger partial charge in [-0.2, -0.15) is 0 Å². The molecule has 1 fully saturated rings. The Labute approximate surface area is 108 Å². The molecule has 1 unspecified atom stereocenters. The molecule has 0 aromatic rings. The van der Waals surface area contributed by atoms with Gasteiger partial charge in [0.1, 0.15) is 6.10 Å². The third-order valence-electron chi connectivity index (χ3n) is 2.94. The minimum Gasteiger partial charge on any atom is -0.461 e. The van der Waals surface area contributed by atoms with Crippen LogP contribution in [-0.2, 0) is 9.53 Å². The summed E-state index contributed by atoms with van der Waals surface area (Å²) in [5, 5.41) is 0. The molecule has 0 aromatic carbocycles. The number of hydrogen-bond acceptors (Lipinski definition) is 2. The smallest absolute Gasteiger partial charge is 0.309 e. The Morgan fingerprint density at radius 1 is 1.50 bits per heavy atom. The van der Waals surface area contributed by atoms with Crippen molar-refractivity contribution in [1.82, 2.24) is 0 Å². The lowest BCUT2D eigenvalue weighted by molar-refractivity contribution is -0.143. The molecule has 4 heteroatoms. The molecule has 0 aromatic heterocycles. The highest BCUT2D eigenvalue weighted by Crippen LogP contribution is 2.33. The highest BCUT2D eigenvalue weighted by atomic mass is 79.9. The van der Waals surface area contributed by atoms with Gasteiger partial charge in [0.15, 0.2) is 0 Å². The van der Waals surface area contributed by atoms with Crippen LogP contribution in [0.2, 0.25) is 25.7 Å². The summed E-state index contributed by atoms with van der Waals surface area (Å²) in [6.45, 7) is 9.09. The summed E-state index contributed by atoms with van der Waals surface area (Å²) in [6.07, 6.45) is 3.23. The number of esters is 1. The van der Waals surface area contributed by atoms with E-state index >= 15 is 0 Å². The maximum Gasteiger partial charge on any atom is 0.309 e. The van der Waals surface area contributed by atoms with Crippen molar-refractivity contribution < 1.29 is 9.53 Å². The number of carbonyl (C=O) groups is 1. The van der Waals surface area contributed by atoms with Crippen LogP contribution in [0.1, 0.15) is 26.2 Å². The Morgan fingerprint density at radius 3 is 2.62 bits per heavy atom. The molecular formula is C12H23BrO2Si. The van der Waals surface area contributed by atoms with Gasteiger partial charge in [-0.3, -0.25) is 4.79 Å². The van der Waals surface area contributed by atoms with E-state index in [0.29, 0.717) is 4.83 Å². The van der Waals surface area contributed by atoms with Crippen molar-refractivity contribution in [3.8, 4) is 0 Å². The van der Waals surface area contributed by atoms with Crippen molar-refractivity contribution in [2.75, 3.05) is 0 Å². The number of cyclic esters (lactones) is 1. The summed E-state index contributed by atoms with van der Waals surface area (Å²) in [5.41, 5.74) is 0. The van der Waals surface area contributed by atoms with E-state index in [1.165, 1.54) is 0 Å². The summed E-state index contributed by atoms with van der Waals surface area (Å²) in [7, 11) is -1.16. The summed E-state index contributed by atoms with van der Waals surface area (Å²) in [6, 6.07) is 1.06. The van der Waals surface area contributed by atoms with E-state index in [1.807, 2.05) is 0 Å². The maximum atomic E-state index is 11.8. The fourth-order valence-corrected chi connectivity index (χ4v) is 4.85. The van der Waals surface area contributed by atoms with Gasteiger partial charge >= 0.3 is 5.97 Å². The predicted octanol–water partition coefficient (Wildman–Crippen LogP) is 3.82. The van der Waals surface area contributed by atoms with Crippen LogP contribution in [0, 0.1) is 5.92 Å². The van der Waals surface area contributed by atoms with Gasteiger partial charge in [0.25, 0.3) is 0 Å². The molecule has 94 valence electrons. The molecule has 3 atom stereocenters. The molecule has 1 saturated heterocycles. The number of ether oxygens (including phenoxy) is 1. The Kier molecular flexibility index (Phi) is 5.04. The normalized spacial score (nSPS) is 27.9. The molecule has 2 nitrogen and oxygen atoms in total. The van der Waals surface area contributed by atoms with Gasteiger partial charge in [0, 0.05) is 8.07 Å². The molecule has 0 radical (unpaired) electrons. The molecule has 0 bridgehead atoms. The van der Waals surface area contributed by atoms with E-state index in [-0.39, 0.29) is 18.0 Å². The lowest BCUT2D eigenvalue weighted by Crippen LogP contribution is -2.26. The van der Waals surface area contributed by atoms with Gasteiger partial charge in [0.05, 0.1) is 10.7 Å². The van der Waals surface area contributed by atoms with Crippen LogP contribution in [0.15, 0.2) is 0 Å². The van der Waals surface area contributed by atoms with Crippen LogP contribution >= 0.6 is 15.9 Å². The maximum absolute atomic E-state index is 11.8. The molecule has 0 saturated carbocycles. The van der Waals surface area contributed by atoms with Crippen molar-refractivity contribution in [3.05, 3.63) is 0 Å². The van der Waals surface area contributed by atoms with E-state index in [0.717, 1.165) is 25.3 Å². The Balaban J connectivity index is 2.50. The second-order valence-electron chi connectivity index (χ2n) is 5.98. The number of alkyl halides is 1. The molecule has 0 spiro atoms. The van der Waals surface area contributed by atoms with Gasteiger partial charge in [-0.1, -0.05) is 48.9 Å². The third-order valence-corrected chi connectivity index (χ3v) is 5.71. The van der Waals surface area contributed by atoms with Gasteiger partial charge in [-0.15, -0.1) is 0 Å². The number of hydrogen-bond donors (Lipinski definition) is 0. The summed E-state index contributed by atoms with van der Waals surface area (Å²) in [4.78, 5) is 12.1. The highest BCUT2D eigenvalue weighted by Gasteiger charge is 2.39. The van der Waals surface area contributed by atoms with Crippen LogP contribution in [0.25, 0.3) is 0 Å². The average molecular weight is 307 g/mol. The van der Waals surface area contributed by atoms with Gasteiger partial charge in [-0.25, -0.2) is 0 Å². The van der Waals surface area contributed by atoms with E-state index in [9.17, 15) is 4.79 Å². The zero-order valence-corrected chi connectivity index (χ0v) is 13.3. The molecule has 1 aliphatic heterocycles. The standard InChI is InChI=1S/C12H23BrO2Si/c1-5-6-10(13)11-7-9(12(14)15-11)8-16(2,3)4/h9-11H,5-8H2,1-4H3/t9?,10-,11+/m0/s1. The van der Waals surface area contributed by atoms with Crippen LogP contribution < -0.4 is 0 Å². The molecule has 0 aliphatic carbocycles. The minimum atomic E-state index is -1.16. The molecule has 0 amide bonds. The molecule has 0 N–H and O–H groups in total. The topological polar surface area (TPSA) is 26.3 Å². The van der Waals surface area contributed by atoms with Crippen LogP contribution in [0.5, 0.6) is 0 Å². The van der Waals surface area contributed by atoms with Crippen LogP contribution in [0.4, 0.5) is 0 Å². The SMILES string of the molecule is CCC[C@H](Br)[C@H]1CC(C[Si](C)(C)C)C(=O)O1. The van der Waals surface area contributed by atoms with Gasteiger partial charge in [0.2, 0.25) is 0 Å². The number of rotatable bonds is 5. The Morgan fingerprint density at radius 2 is 2.12 bits per heavy atom. The summed E-state index contributed by atoms with van der Waals surface area (Å²) < 4.78 is 5.47. The van der Waals surface area contributed by atoms with E-state index < -0.39 is 8.07 Å². The average Bonchev–Trinajstić information content (AvgIpc) is 2.45. The quantitative estimate of drug-likeness (QED) is 0.438. The number of carbonyl (C=O) groups excluding carboxylic acids is 1. The van der Waals surface area contributed by atoms with Gasteiger partial charge in [-0.05, 0) is 18.9 Å². The van der Waals surface area contributed by atoms with E-state index in [4.69, 9.17) is 4.74 Å². The number of halogens is 1. The molecular weight excluding hydrogens is 284 g/mol. The molecule has 1 aliphatic rings. The largest absolute Gasteiger partial charge is 0.461 e. The molecule has 1 heterocycles. The highest BCUT2D eigenvalue weighted by molar-refractivity contribution is 9.09. The summed E-state index contributed by atoms with van der Waals surface area (Å²) in [5.74, 6) is 0.196. The van der Waals surface area contributed by atoms with Crippen molar-refractivity contribution in [1.29, 1.82) is 0 Å². The first kappa shape index (κ1) is 14.2. The second-order valence-corrected chi connectivity index (χ2v) is 12.7. The molecule has 1 rings (SSSR count). The van der Waals surface area contributed by atoms with Crippen molar-refractivity contribution in [3.63, 3.8) is 0 Å². The zero-order valence-electron chi connectivity index (χ0n) is 10.8. The van der Waals surface area contributed by atoms with Crippen molar-refractivity contribution in [2.24, 2.45) is 5.92 Å². The zero-order chi connectivity index (χ0) is 12.3. The lowest BCUT2D eigenvalue weighted by atomic mass is 10.0. The monoisotopic (exact) mass is 306 g/mol. The minimum absolute atomic E-state index is 0.0352. The third kappa shape index (κ3) is 4.21. The fourth-order valence-electron chi connectivity index (χ4n) is 2.26. The predicted molar refractivity (Wildman–Crippen MR) is 73.8 cm³/mol. The lowest BCUT2D eigenvalue weighted by Gasteiger charge is -2.18. The van der Waals surface area contributed by atoms with E-state index in [2.05, 4.69) is 42.5 Å². The Hall–Kier alpha value is 0.167. The van der Waals surface area contributed by atoms with Crippen LogP contribution in [0.3, 0.4) is 0 Å². The van der Waals surface area contributed by atoms with Crippen LogP contribution in [-0.4, -0.2) is 25.0 Å². The van der Waals surface area contributed by atoms with E-state index in [1.54, 1.807) is 0 Å². The van der Waals surface area contributed by atoms with Gasteiger partial charge < -0.3 is 4.74 Å². The molecule has 16 heavy (non-hydrogen) atoms. The first-order chi connectivity index (χ1) is 7.33. The Bertz CT molecular complexity index is 250. The first-order valence-corrected chi connectivity index (χ1v) is 10.8. The second kappa shape index (κ2) is 5.67. The van der Waals surface area contributed by atoms with Crippen molar-refractivity contribution in [2.45, 2.75) is 62.8 Å². The first-order valence-electron chi connectivity index (χ1n) is 6.18. The van der Waals surface area contributed by atoms with Crippen molar-refractivity contribution >= 4 is 30.0 Å².